The third kappa shape index (κ3) is 1.45. The van der Waals surface area contributed by atoms with Crippen LogP contribution in [0, 0.1) is 5.41 Å². The number of halogens is 1. The van der Waals surface area contributed by atoms with Crippen molar-refractivity contribution in [1.82, 2.24) is 4.98 Å². The minimum absolute atomic E-state index is 0.570. The molecule has 0 aromatic carbocycles. The number of furan rings is 1. The Hall–Kier alpha value is -1.17. The largest absolute Gasteiger partial charge is 0.453 e. The van der Waals surface area contributed by atoms with Crippen LogP contribution in [0.1, 0.15) is 11.3 Å². The van der Waals surface area contributed by atoms with Crippen LogP contribution in [0.15, 0.2) is 27.0 Å². The number of aromatic nitrogens is 1. The second-order valence-corrected chi connectivity index (χ2v) is 3.41. The molecule has 2 aromatic heterocycles. The normalized spacial score (nSPS) is 11.2. The topological polar surface area (TPSA) is 49.9 Å². The summed E-state index contributed by atoms with van der Waals surface area (Å²) in [6.07, 6.45) is 6.52. The Labute approximate surface area is 94.5 Å². The van der Waals surface area contributed by atoms with Crippen LogP contribution in [0.2, 0.25) is 0 Å². The molecule has 1 N–H and O–H groups in total. The molecule has 0 radical (unpaired) electrons. The lowest BCUT2D eigenvalue weighted by Gasteiger charge is -1.88. The molecule has 0 amide bonds. The zero-order chi connectivity index (χ0) is 9.97. The van der Waals surface area contributed by atoms with E-state index in [1.165, 1.54) is 6.21 Å². The summed E-state index contributed by atoms with van der Waals surface area (Å²) in [6.45, 7) is 0. The molecule has 0 saturated carbocycles. The number of pyridine rings is 1. The fourth-order valence-corrected chi connectivity index (χ4v) is 1.69. The summed E-state index contributed by atoms with van der Waals surface area (Å²) in [7, 11) is 0. The van der Waals surface area contributed by atoms with Crippen molar-refractivity contribution in [2.75, 3.05) is 0 Å². The molecule has 70 valence electrons. The standard InChI is InChI=1S/C10H7IN2O/c11-3-1-7-8-2-4-13-6-10(8)14-9(7)5-12/h1-6,12H/b3-1-,12-5?. The van der Waals surface area contributed by atoms with Gasteiger partial charge in [0.25, 0.3) is 0 Å². The fraction of sp³-hybridized carbons (Fsp3) is 0. The van der Waals surface area contributed by atoms with Gasteiger partial charge in [0.15, 0.2) is 11.3 Å². The van der Waals surface area contributed by atoms with Crippen LogP contribution in [0.4, 0.5) is 0 Å². The summed E-state index contributed by atoms with van der Waals surface area (Å²) in [5, 5.41) is 8.21. The SMILES string of the molecule is N=Cc1oc2cnccc2c1/C=C\I. The van der Waals surface area contributed by atoms with Gasteiger partial charge in [0.2, 0.25) is 0 Å². The Kier molecular flexibility index (Phi) is 2.62. The van der Waals surface area contributed by atoms with Gasteiger partial charge in [0, 0.05) is 17.1 Å². The zero-order valence-corrected chi connectivity index (χ0v) is 9.36. The van der Waals surface area contributed by atoms with Gasteiger partial charge in [-0.2, -0.15) is 0 Å². The van der Waals surface area contributed by atoms with Crippen molar-refractivity contribution in [1.29, 1.82) is 5.41 Å². The summed E-state index contributed by atoms with van der Waals surface area (Å²) in [6, 6.07) is 1.89. The van der Waals surface area contributed by atoms with Crippen LogP contribution in [0.5, 0.6) is 0 Å². The summed E-state index contributed by atoms with van der Waals surface area (Å²) < 4.78 is 7.34. The van der Waals surface area contributed by atoms with Gasteiger partial charge in [-0.1, -0.05) is 22.6 Å². The van der Waals surface area contributed by atoms with E-state index in [0.29, 0.717) is 5.76 Å². The number of rotatable bonds is 2. The van der Waals surface area contributed by atoms with Gasteiger partial charge in [0.1, 0.15) is 0 Å². The lowest BCUT2D eigenvalue weighted by Crippen LogP contribution is -1.77. The second kappa shape index (κ2) is 3.91. The Balaban J connectivity index is 2.80. The van der Waals surface area contributed by atoms with E-state index < -0.39 is 0 Å². The molecule has 0 aliphatic rings. The van der Waals surface area contributed by atoms with Gasteiger partial charge in [-0.15, -0.1) is 0 Å². The van der Waals surface area contributed by atoms with Crippen LogP contribution in [-0.4, -0.2) is 11.2 Å². The molecule has 2 rings (SSSR count). The molecule has 0 unspecified atom stereocenters. The highest BCUT2D eigenvalue weighted by Gasteiger charge is 2.08. The first kappa shape index (κ1) is 9.39. The quantitative estimate of drug-likeness (QED) is 0.683. The Bertz CT molecular complexity index is 502. The van der Waals surface area contributed by atoms with E-state index in [-0.39, 0.29) is 0 Å². The maximum atomic E-state index is 7.22. The molecular formula is C10H7IN2O. The predicted octanol–water partition coefficient (Wildman–Crippen LogP) is 3.23. The van der Waals surface area contributed by atoms with Gasteiger partial charge in [-0.3, -0.25) is 4.98 Å². The molecule has 0 bridgehead atoms. The second-order valence-electron chi connectivity index (χ2n) is 2.69. The highest BCUT2D eigenvalue weighted by molar-refractivity contribution is 14.1. The molecule has 2 aromatic rings. The minimum atomic E-state index is 0.570. The van der Waals surface area contributed by atoms with Crippen molar-refractivity contribution in [3.8, 4) is 0 Å². The van der Waals surface area contributed by atoms with Crippen molar-refractivity contribution >= 4 is 45.9 Å². The lowest BCUT2D eigenvalue weighted by molar-refractivity contribution is 0.605. The van der Waals surface area contributed by atoms with Crippen LogP contribution >= 0.6 is 22.6 Å². The first-order chi connectivity index (χ1) is 6.86. The van der Waals surface area contributed by atoms with E-state index in [1.807, 2.05) is 16.2 Å². The summed E-state index contributed by atoms with van der Waals surface area (Å²) in [5.41, 5.74) is 1.65. The monoisotopic (exact) mass is 298 g/mol. The molecule has 0 atom stereocenters. The predicted molar refractivity (Wildman–Crippen MR) is 64.9 cm³/mol. The Morgan fingerprint density at radius 2 is 2.36 bits per heavy atom. The summed E-state index contributed by atoms with van der Waals surface area (Å²) in [4.78, 5) is 3.97. The van der Waals surface area contributed by atoms with E-state index >= 15 is 0 Å². The Morgan fingerprint density at radius 1 is 1.50 bits per heavy atom. The van der Waals surface area contributed by atoms with Crippen molar-refractivity contribution in [3.05, 3.63) is 33.9 Å². The third-order valence-corrected chi connectivity index (χ3v) is 2.28. The fourth-order valence-electron chi connectivity index (χ4n) is 1.33. The van der Waals surface area contributed by atoms with E-state index in [2.05, 4.69) is 27.6 Å². The van der Waals surface area contributed by atoms with Crippen LogP contribution in [0.3, 0.4) is 0 Å². The summed E-state index contributed by atoms with van der Waals surface area (Å²) >= 11 is 2.14. The van der Waals surface area contributed by atoms with Gasteiger partial charge >= 0.3 is 0 Å². The molecule has 0 aliphatic heterocycles. The average Bonchev–Trinajstić information content (AvgIpc) is 2.58. The van der Waals surface area contributed by atoms with E-state index in [9.17, 15) is 0 Å². The van der Waals surface area contributed by atoms with E-state index in [4.69, 9.17) is 9.83 Å². The maximum Gasteiger partial charge on any atom is 0.153 e. The number of nitrogens with zero attached hydrogens (tertiary/aromatic N) is 1. The number of hydrogen-bond donors (Lipinski definition) is 1. The Morgan fingerprint density at radius 3 is 3.07 bits per heavy atom. The summed E-state index contributed by atoms with van der Waals surface area (Å²) in [5.74, 6) is 0.570. The van der Waals surface area contributed by atoms with Crippen molar-refractivity contribution in [3.63, 3.8) is 0 Å². The highest BCUT2D eigenvalue weighted by atomic mass is 127. The van der Waals surface area contributed by atoms with Gasteiger partial charge in [-0.25, -0.2) is 0 Å². The van der Waals surface area contributed by atoms with Gasteiger partial charge in [0.05, 0.1) is 12.4 Å². The highest BCUT2D eigenvalue weighted by Crippen LogP contribution is 2.25. The molecule has 4 heteroatoms. The van der Waals surface area contributed by atoms with Crippen molar-refractivity contribution in [2.24, 2.45) is 0 Å². The van der Waals surface area contributed by atoms with Gasteiger partial charge < -0.3 is 9.83 Å². The lowest BCUT2D eigenvalue weighted by atomic mass is 10.1. The first-order valence-electron chi connectivity index (χ1n) is 4.00. The average molecular weight is 298 g/mol. The minimum Gasteiger partial charge on any atom is -0.453 e. The zero-order valence-electron chi connectivity index (χ0n) is 7.20. The smallest absolute Gasteiger partial charge is 0.153 e. The molecule has 2 heterocycles. The molecule has 0 saturated heterocycles. The first-order valence-corrected chi connectivity index (χ1v) is 5.25. The number of fused-ring (bicyclic) bond motifs is 1. The molecule has 0 fully saturated rings. The maximum absolute atomic E-state index is 7.22. The number of hydrogen-bond acceptors (Lipinski definition) is 3. The molecular weight excluding hydrogens is 291 g/mol. The van der Waals surface area contributed by atoms with E-state index in [0.717, 1.165) is 16.5 Å². The van der Waals surface area contributed by atoms with Crippen molar-refractivity contribution in [2.45, 2.75) is 0 Å². The number of nitrogens with one attached hydrogen (secondary N) is 1. The van der Waals surface area contributed by atoms with Crippen LogP contribution in [0.25, 0.3) is 17.0 Å². The van der Waals surface area contributed by atoms with Crippen LogP contribution in [-0.2, 0) is 0 Å². The molecule has 14 heavy (non-hydrogen) atoms. The van der Waals surface area contributed by atoms with E-state index in [1.54, 1.807) is 12.4 Å². The molecule has 3 nitrogen and oxygen atoms in total. The molecule has 0 spiro atoms. The van der Waals surface area contributed by atoms with Crippen LogP contribution < -0.4 is 0 Å². The molecule has 0 aliphatic carbocycles. The van der Waals surface area contributed by atoms with Crippen molar-refractivity contribution < 1.29 is 4.42 Å². The van der Waals surface area contributed by atoms with Gasteiger partial charge in [-0.05, 0) is 16.2 Å². The third-order valence-electron chi connectivity index (χ3n) is 1.92.